The Morgan fingerprint density at radius 2 is 1.87 bits per heavy atom. The molecule has 30 heavy (non-hydrogen) atoms. The summed E-state index contributed by atoms with van der Waals surface area (Å²) < 4.78 is 5.31. The van der Waals surface area contributed by atoms with Crippen LogP contribution in [0.25, 0.3) is 0 Å². The molecule has 1 aliphatic rings. The van der Waals surface area contributed by atoms with Crippen molar-refractivity contribution in [2.24, 2.45) is 0 Å². The van der Waals surface area contributed by atoms with E-state index in [9.17, 15) is 9.59 Å². The van der Waals surface area contributed by atoms with E-state index in [1.165, 1.54) is 5.56 Å². The maximum Gasteiger partial charge on any atom is 0.407 e. The van der Waals surface area contributed by atoms with Gasteiger partial charge >= 0.3 is 6.09 Å². The van der Waals surface area contributed by atoms with Crippen molar-refractivity contribution in [1.29, 1.82) is 0 Å². The van der Waals surface area contributed by atoms with E-state index >= 15 is 0 Å². The van der Waals surface area contributed by atoms with Crippen LogP contribution in [-0.2, 0) is 10.5 Å². The first-order chi connectivity index (χ1) is 14.3. The van der Waals surface area contributed by atoms with Crippen molar-refractivity contribution in [3.8, 4) is 0 Å². The van der Waals surface area contributed by atoms with Gasteiger partial charge in [0.2, 0.25) is 0 Å². The molecule has 1 aliphatic heterocycles. The lowest BCUT2D eigenvalue weighted by molar-refractivity contribution is 0.0473. The number of thioether (sulfide) groups is 1. The van der Waals surface area contributed by atoms with Gasteiger partial charge < -0.3 is 15.0 Å². The number of pyridine rings is 1. The number of nitrogens with zero attached hydrogens (tertiary/aromatic N) is 2. The second-order valence-electron chi connectivity index (χ2n) is 8.39. The Bertz CT molecular complexity index is 842. The maximum absolute atomic E-state index is 12.8. The number of hydrogen-bond donors (Lipinski definition) is 1. The lowest BCUT2D eigenvalue weighted by Gasteiger charge is -2.33. The molecule has 0 saturated carbocycles. The average Bonchev–Trinajstić information content (AvgIpc) is 2.72. The first-order valence-corrected chi connectivity index (χ1v) is 11.2. The lowest BCUT2D eigenvalue weighted by atomic mass is 10.0. The van der Waals surface area contributed by atoms with Crippen molar-refractivity contribution in [2.75, 3.05) is 13.1 Å². The summed E-state index contributed by atoms with van der Waals surface area (Å²) in [5, 5.41) is 2.90. The molecule has 7 heteroatoms. The molecule has 6 nitrogen and oxygen atoms in total. The van der Waals surface area contributed by atoms with Crippen LogP contribution in [-0.4, -0.2) is 46.6 Å². The van der Waals surface area contributed by atoms with Crippen molar-refractivity contribution in [2.45, 2.75) is 55.9 Å². The molecule has 0 spiro atoms. The number of nitrogens with one attached hydrogen (secondary N) is 1. The fourth-order valence-electron chi connectivity index (χ4n) is 3.23. The lowest BCUT2D eigenvalue weighted by Crippen LogP contribution is -2.47. The van der Waals surface area contributed by atoms with Gasteiger partial charge in [0.15, 0.2) is 0 Å². The minimum Gasteiger partial charge on any atom is -0.444 e. The third-order valence-corrected chi connectivity index (χ3v) is 5.82. The largest absolute Gasteiger partial charge is 0.444 e. The zero-order chi connectivity index (χ0) is 21.6. The van der Waals surface area contributed by atoms with Crippen molar-refractivity contribution >= 4 is 23.8 Å². The number of rotatable bonds is 5. The second-order valence-corrected chi connectivity index (χ2v) is 9.44. The molecule has 160 valence electrons. The van der Waals surface area contributed by atoms with Crippen LogP contribution < -0.4 is 5.32 Å². The van der Waals surface area contributed by atoms with Crippen molar-refractivity contribution in [3.05, 3.63) is 59.9 Å². The number of benzene rings is 1. The molecule has 1 aromatic heterocycles. The molecule has 1 N–H and O–H groups in total. The predicted molar refractivity (Wildman–Crippen MR) is 119 cm³/mol. The Kier molecular flexibility index (Phi) is 7.37. The van der Waals surface area contributed by atoms with E-state index in [0.29, 0.717) is 18.7 Å². The Morgan fingerprint density at radius 1 is 1.17 bits per heavy atom. The first kappa shape index (κ1) is 22.2. The minimum atomic E-state index is -0.511. The Labute approximate surface area is 182 Å². The molecule has 0 unspecified atom stereocenters. The fraction of sp³-hybridized carbons (Fsp3) is 0.435. The summed E-state index contributed by atoms with van der Waals surface area (Å²) in [5.74, 6) is 0.883. The van der Waals surface area contributed by atoms with Crippen molar-refractivity contribution in [1.82, 2.24) is 15.2 Å². The molecule has 3 rings (SSSR count). The summed E-state index contributed by atoms with van der Waals surface area (Å²) in [6.45, 7) is 6.77. The third kappa shape index (κ3) is 6.76. The second kappa shape index (κ2) is 9.98. The van der Waals surface area contributed by atoms with Gasteiger partial charge in [0.1, 0.15) is 5.60 Å². The highest BCUT2D eigenvalue weighted by Gasteiger charge is 2.26. The predicted octanol–water partition coefficient (Wildman–Crippen LogP) is 4.50. The fourth-order valence-corrected chi connectivity index (χ4v) is 4.06. The van der Waals surface area contributed by atoms with E-state index in [1.54, 1.807) is 18.0 Å². The monoisotopic (exact) mass is 427 g/mol. The van der Waals surface area contributed by atoms with Crippen molar-refractivity contribution in [3.63, 3.8) is 0 Å². The summed E-state index contributed by atoms with van der Waals surface area (Å²) in [4.78, 5) is 31.8. The van der Waals surface area contributed by atoms with E-state index in [2.05, 4.69) is 16.4 Å². The standard InChI is InChI=1S/C23H29N3O3S/c1-23(2,3)29-22(28)25-19-10-13-26(14-11-19)21(27)18-6-8-20(9-7-18)30-16-17-5-4-12-24-15-17/h4-9,12,15,19H,10-11,13-14,16H2,1-3H3,(H,25,28). The molecule has 0 bridgehead atoms. The first-order valence-electron chi connectivity index (χ1n) is 10.2. The zero-order valence-electron chi connectivity index (χ0n) is 17.8. The van der Waals surface area contributed by atoms with Gasteiger partial charge in [0.05, 0.1) is 0 Å². The molecule has 0 radical (unpaired) electrons. The molecule has 2 aromatic rings. The smallest absolute Gasteiger partial charge is 0.407 e. The number of aromatic nitrogens is 1. The van der Waals surface area contributed by atoms with Gasteiger partial charge in [0.25, 0.3) is 5.91 Å². The molecule has 0 aliphatic carbocycles. The Balaban J connectivity index is 1.46. The van der Waals surface area contributed by atoms with Gasteiger partial charge in [-0.3, -0.25) is 9.78 Å². The number of piperidine rings is 1. The van der Waals surface area contributed by atoms with E-state index in [0.717, 1.165) is 23.5 Å². The van der Waals surface area contributed by atoms with Crippen LogP contribution in [0.3, 0.4) is 0 Å². The van der Waals surface area contributed by atoms with E-state index in [4.69, 9.17) is 4.74 Å². The number of carbonyl (C=O) groups is 2. The van der Waals surface area contributed by atoms with E-state index in [1.807, 2.05) is 62.2 Å². The van der Waals surface area contributed by atoms with Crippen LogP contribution in [0.5, 0.6) is 0 Å². The Morgan fingerprint density at radius 3 is 2.47 bits per heavy atom. The molecular weight excluding hydrogens is 398 g/mol. The Hall–Kier alpha value is -2.54. The highest BCUT2D eigenvalue weighted by atomic mass is 32.2. The quantitative estimate of drug-likeness (QED) is 0.711. The molecule has 2 amide bonds. The van der Waals surface area contributed by atoms with Crippen LogP contribution in [0.1, 0.15) is 49.5 Å². The number of carbonyl (C=O) groups excluding carboxylic acids is 2. The molecular formula is C23H29N3O3S. The molecule has 2 heterocycles. The van der Waals surface area contributed by atoms with Gasteiger partial charge in [-0.05, 0) is 69.5 Å². The third-order valence-electron chi connectivity index (χ3n) is 4.73. The van der Waals surface area contributed by atoms with E-state index in [-0.39, 0.29) is 11.9 Å². The molecule has 1 aromatic carbocycles. The molecule has 1 saturated heterocycles. The van der Waals surface area contributed by atoms with Gasteiger partial charge in [-0.1, -0.05) is 6.07 Å². The van der Waals surface area contributed by atoms with Gasteiger partial charge in [-0.2, -0.15) is 0 Å². The summed E-state index contributed by atoms with van der Waals surface area (Å²) in [7, 11) is 0. The van der Waals surface area contributed by atoms with Crippen molar-refractivity contribution < 1.29 is 14.3 Å². The van der Waals surface area contributed by atoms with Crippen LogP contribution in [0, 0.1) is 0 Å². The highest BCUT2D eigenvalue weighted by Crippen LogP contribution is 2.23. The normalized spacial score (nSPS) is 15.0. The van der Waals surface area contributed by atoms with Crippen LogP contribution in [0.15, 0.2) is 53.7 Å². The summed E-state index contributed by atoms with van der Waals surface area (Å²) >= 11 is 1.72. The highest BCUT2D eigenvalue weighted by molar-refractivity contribution is 7.98. The van der Waals surface area contributed by atoms with Gasteiger partial charge in [-0.15, -0.1) is 11.8 Å². The zero-order valence-corrected chi connectivity index (χ0v) is 18.6. The molecule has 0 atom stereocenters. The van der Waals surface area contributed by atoms with Gasteiger partial charge in [-0.25, -0.2) is 4.79 Å². The number of alkyl carbamates (subject to hydrolysis) is 1. The van der Waals surface area contributed by atoms with Crippen LogP contribution >= 0.6 is 11.8 Å². The molecule has 1 fully saturated rings. The summed E-state index contributed by atoms with van der Waals surface area (Å²) in [6.07, 6.45) is 4.69. The number of hydrogen-bond acceptors (Lipinski definition) is 5. The SMILES string of the molecule is CC(C)(C)OC(=O)NC1CCN(C(=O)c2ccc(SCc3cccnc3)cc2)CC1. The maximum atomic E-state index is 12.8. The average molecular weight is 428 g/mol. The van der Waals surface area contributed by atoms with Crippen LogP contribution in [0.2, 0.25) is 0 Å². The number of ether oxygens (including phenoxy) is 1. The topological polar surface area (TPSA) is 71.5 Å². The van der Waals surface area contributed by atoms with Gasteiger partial charge in [0, 0.05) is 47.7 Å². The van der Waals surface area contributed by atoms with E-state index < -0.39 is 11.7 Å². The number of likely N-dealkylation sites (tertiary alicyclic amines) is 1. The minimum absolute atomic E-state index is 0.0366. The van der Waals surface area contributed by atoms with Crippen LogP contribution in [0.4, 0.5) is 4.79 Å². The summed E-state index contributed by atoms with van der Waals surface area (Å²) in [6, 6.07) is 11.8. The number of amides is 2. The summed E-state index contributed by atoms with van der Waals surface area (Å²) in [5.41, 5.74) is 1.35.